The molecule has 0 saturated heterocycles. The summed E-state index contributed by atoms with van der Waals surface area (Å²) in [7, 11) is 3.01. The molecule has 0 aliphatic heterocycles. The number of furan rings is 1. The summed E-state index contributed by atoms with van der Waals surface area (Å²) < 4.78 is 15.1. The lowest BCUT2D eigenvalue weighted by molar-refractivity contribution is 0.0227. The third-order valence-corrected chi connectivity index (χ3v) is 2.48. The minimum absolute atomic E-state index is 0.224. The Kier molecular flexibility index (Phi) is 4.72. The number of carbonyl (C=O) groups is 1. The van der Waals surface area contributed by atoms with Crippen molar-refractivity contribution in [2.45, 2.75) is 26.0 Å². The lowest BCUT2D eigenvalue weighted by Gasteiger charge is -2.22. The molecule has 0 unspecified atom stereocenters. The van der Waals surface area contributed by atoms with Crippen LogP contribution in [0.25, 0.3) is 0 Å². The summed E-state index contributed by atoms with van der Waals surface area (Å²) in [6.07, 6.45) is 1.39. The van der Waals surface area contributed by atoms with Gasteiger partial charge in [-0.15, -0.1) is 0 Å². The fraction of sp³-hybridized carbons (Fsp3) is 0.583. The van der Waals surface area contributed by atoms with Crippen LogP contribution in [0, 0.1) is 0 Å². The normalized spacial score (nSPS) is 11.5. The van der Waals surface area contributed by atoms with E-state index in [-0.39, 0.29) is 5.60 Å². The van der Waals surface area contributed by atoms with E-state index in [1.54, 1.807) is 13.2 Å². The first kappa shape index (κ1) is 13.7. The fourth-order valence-corrected chi connectivity index (χ4v) is 1.26. The molecule has 0 bridgehead atoms. The molecule has 1 aromatic rings. The first-order valence-corrected chi connectivity index (χ1v) is 5.40. The van der Waals surface area contributed by atoms with Crippen LogP contribution in [0.2, 0.25) is 0 Å². The molecule has 0 atom stereocenters. The lowest BCUT2D eigenvalue weighted by atomic mass is 10.1. The Labute approximate surface area is 101 Å². The highest BCUT2D eigenvalue weighted by atomic mass is 16.5. The maximum Gasteiger partial charge on any atom is 0.341 e. The molecule has 0 amide bonds. The van der Waals surface area contributed by atoms with Crippen LogP contribution in [0.4, 0.5) is 0 Å². The van der Waals surface area contributed by atoms with E-state index < -0.39 is 5.97 Å². The van der Waals surface area contributed by atoms with Crippen molar-refractivity contribution in [3.63, 3.8) is 0 Å². The molecular weight excluding hydrogens is 222 g/mol. The van der Waals surface area contributed by atoms with Crippen LogP contribution in [0.3, 0.4) is 0 Å². The van der Waals surface area contributed by atoms with Crippen molar-refractivity contribution in [3.8, 4) is 0 Å². The summed E-state index contributed by atoms with van der Waals surface area (Å²) >= 11 is 0. The molecule has 0 radical (unpaired) electrons. The second-order valence-electron chi connectivity index (χ2n) is 4.36. The third kappa shape index (κ3) is 4.20. The Balaban J connectivity index is 2.43. The van der Waals surface area contributed by atoms with Crippen LogP contribution >= 0.6 is 0 Å². The Morgan fingerprint density at radius 3 is 2.76 bits per heavy atom. The summed E-state index contributed by atoms with van der Waals surface area (Å²) in [6.45, 7) is 5.21. The molecule has 0 fully saturated rings. The van der Waals surface area contributed by atoms with Crippen molar-refractivity contribution < 1.29 is 18.7 Å². The molecule has 5 heteroatoms. The summed E-state index contributed by atoms with van der Waals surface area (Å²) in [6, 6.07) is 1.67. The molecule has 0 aromatic carbocycles. The van der Waals surface area contributed by atoms with E-state index in [1.807, 2.05) is 13.8 Å². The molecule has 17 heavy (non-hydrogen) atoms. The van der Waals surface area contributed by atoms with Crippen molar-refractivity contribution in [1.82, 2.24) is 5.32 Å². The zero-order valence-electron chi connectivity index (χ0n) is 10.7. The Hall–Kier alpha value is -1.33. The maximum absolute atomic E-state index is 11.2. The van der Waals surface area contributed by atoms with Gasteiger partial charge in [0.1, 0.15) is 12.0 Å². The van der Waals surface area contributed by atoms with Gasteiger partial charge in [-0.3, -0.25) is 0 Å². The van der Waals surface area contributed by atoms with Gasteiger partial charge in [0.2, 0.25) is 0 Å². The van der Waals surface area contributed by atoms with Crippen molar-refractivity contribution >= 4 is 5.97 Å². The molecule has 0 saturated carbocycles. The predicted octanol–water partition coefficient (Wildman–Crippen LogP) is 1.58. The largest absolute Gasteiger partial charge is 0.467 e. The minimum atomic E-state index is -0.391. The van der Waals surface area contributed by atoms with E-state index in [0.29, 0.717) is 24.4 Å². The number of carbonyl (C=O) groups excluding carboxylic acids is 1. The number of ether oxygens (including phenoxy) is 2. The second-order valence-corrected chi connectivity index (χ2v) is 4.36. The van der Waals surface area contributed by atoms with Gasteiger partial charge in [0.25, 0.3) is 0 Å². The van der Waals surface area contributed by atoms with E-state index in [4.69, 9.17) is 9.15 Å². The van der Waals surface area contributed by atoms with Gasteiger partial charge in [-0.05, 0) is 19.9 Å². The van der Waals surface area contributed by atoms with Crippen molar-refractivity contribution in [1.29, 1.82) is 0 Å². The first-order chi connectivity index (χ1) is 7.98. The summed E-state index contributed by atoms with van der Waals surface area (Å²) in [5.74, 6) is 0.300. The zero-order valence-corrected chi connectivity index (χ0v) is 10.7. The van der Waals surface area contributed by atoms with Gasteiger partial charge in [0.05, 0.1) is 24.8 Å². The summed E-state index contributed by atoms with van der Waals surface area (Å²) in [4.78, 5) is 11.2. The molecule has 0 spiro atoms. The first-order valence-electron chi connectivity index (χ1n) is 5.40. The molecule has 96 valence electrons. The number of methoxy groups -OCH3 is 2. The standard InChI is InChI=1S/C12H19NO4/c1-12(2,16-4)8-13-6-10-5-9(7-17-10)11(14)15-3/h5,7,13H,6,8H2,1-4H3. The molecule has 0 aliphatic rings. The number of hydrogen-bond acceptors (Lipinski definition) is 5. The van der Waals surface area contributed by atoms with Gasteiger partial charge in [0.15, 0.2) is 0 Å². The summed E-state index contributed by atoms with van der Waals surface area (Å²) in [5, 5.41) is 3.19. The van der Waals surface area contributed by atoms with Gasteiger partial charge in [-0.1, -0.05) is 0 Å². The maximum atomic E-state index is 11.2. The van der Waals surface area contributed by atoms with Crippen molar-refractivity contribution in [2.24, 2.45) is 0 Å². The van der Waals surface area contributed by atoms with Crippen LogP contribution < -0.4 is 5.32 Å². The average Bonchev–Trinajstić information content (AvgIpc) is 2.76. The lowest BCUT2D eigenvalue weighted by Crippen LogP contribution is -2.36. The van der Waals surface area contributed by atoms with Gasteiger partial charge in [-0.25, -0.2) is 4.79 Å². The topological polar surface area (TPSA) is 60.7 Å². The van der Waals surface area contributed by atoms with Crippen LogP contribution in [0.15, 0.2) is 16.7 Å². The Morgan fingerprint density at radius 2 is 2.18 bits per heavy atom. The average molecular weight is 241 g/mol. The molecule has 1 N–H and O–H groups in total. The number of nitrogens with one attached hydrogen (secondary N) is 1. The molecule has 1 rings (SSSR count). The highest BCUT2D eigenvalue weighted by Crippen LogP contribution is 2.10. The quantitative estimate of drug-likeness (QED) is 0.766. The van der Waals surface area contributed by atoms with E-state index in [1.165, 1.54) is 13.4 Å². The van der Waals surface area contributed by atoms with E-state index in [0.717, 1.165) is 0 Å². The Bertz CT molecular complexity index is 370. The smallest absolute Gasteiger partial charge is 0.341 e. The highest BCUT2D eigenvalue weighted by molar-refractivity contribution is 5.88. The monoisotopic (exact) mass is 241 g/mol. The fourth-order valence-electron chi connectivity index (χ4n) is 1.26. The Morgan fingerprint density at radius 1 is 1.47 bits per heavy atom. The molecule has 1 aromatic heterocycles. The van der Waals surface area contributed by atoms with Gasteiger partial charge >= 0.3 is 5.97 Å². The van der Waals surface area contributed by atoms with Gasteiger partial charge in [0, 0.05) is 13.7 Å². The number of hydrogen-bond donors (Lipinski definition) is 1. The molecule has 0 aliphatic carbocycles. The van der Waals surface area contributed by atoms with E-state index in [9.17, 15) is 4.79 Å². The van der Waals surface area contributed by atoms with Gasteiger partial charge < -0.3 is 19.2 Å². The number of rotatable bonds is 6. The van der Waals surface area contributed by atoms with E-state index >= 15 is 0 Å². The second kappa shape index (κ2) is 5.84. The molecular formula is C12H19NO4. The minimum Gasteiger partial charge on any atom is -0.467 e. The van der Waals surface area contributed by atoms with Gasteiger partial charge in [-0.2, -0.15) is 0 Å². The molecule has 5 nitrogen and oxygen atoms in total. The van der Waals surface area contributed by atoms with Crippen LogP contribution in [-0.2, 0) is 16.0 Å². The molecule has 1 heterocycles. The SMILES string of the molecule is COC(=O)c1coc(CNCC(C)(C)OC)c1. The predicted molar refractivity (Wildman–Crippen MR) is 62.8 cm³/mol. The zero-order chi connectivity index (χ0) is 12.9. The van der Waals surface area contributed by atoms with Crippen molar-refractivity contribution in [2.75, 3.05) is 20.8 Å². The summed E-state index contributed by atoms with van der Waals surface area (Å²) in [5.41, 5.74) is 0.202. The van der Waals surface area contributed by atoms with Crippen LogP contribution in [0.1, 0.15) is 30.0 Å². The number of esters is 1. The van der Waals surface area contributed by atoms with Crippen LogP contribution in [0.5, 0.6) is 0 Å². The van der Waals surface area contributed by atoms with Crippen molar-refractivity contribution in [3.05, 3.63) is 23.7 Å². The van der Waals surface area contributed by atoms with E-state index in [2.05, 4.69) is 10.1 Å². The van der Waals surface area contributed by atoms with Crippen LogP contribution in [-0.4, -0.2) is 32.3 Å². The third-order valence-electron chi connectivity index (χ3n) is 2.48. The highest BCUT2D eigenvalue weighted by Gasteiger charge is 2.16.